The maximum absolute atomic E-state index is 12.9. The highest BCUT2D eigenvalue weighted by Crippen LogP contribution is 2.36. The van der Waals surface area contributed by atoms with Gasteiger partial charge in [-0.25, -0.2) is 0 Å². The van der Waals surface area contributed by atoms with Gasteiger partial charge >= 0.3 is 0 Å². The second-order valence-electron chi connectivity index (χ2n) is 6.54. The van der Waals surface area contributed by atoms with Crippen molar-refractivity contribution in [2.75, 3.05) is 20.2 Å². The summed E-state index contributed by atoms with van der Waals surface area (Å²) in [4.78, 5) is 12.9. The van der Waals surface area contributed by atoms with Gasteiger partial charge in [0.15, 0.2) is 0 Å². The quantitative estimate of drug-likeness (QED) is 0.738. The Morgan fingerprint density at radius 2 is 2.12 bits per heavy atom. The number of methoxy groups -OCH3 is 1. The molecule has 1 amide bonds. The highest BCUT2D eigenvalue weighted by molar-refractivity contribution is 6.08. The third-order valence-corrected chi connectivity index (χ3v) is 4.84. The Labute approximate surface area is 152 Å². The van der Waals surface area contributed by atoms with E-state index in [0.717, 1.165) is 35.9 Å². The number of fused-ring (bicyclic) bond motifs is 1. The number of benzene rings is 2. The number of nitrogens with one attached hydrogen (secondary N) is 2. The van der Waals surface area contributed by atoms with Crippen LogP contribution in [-0.2, 0) is 0 Å². The molecule has 0 saturated carbocycles. The molecule has 3 aromatic rings. The molecular formula is C21H22N2O3. The second kappa shape index (κ2) is 7.22. The van der Waals surface area contributed by atoms with Crippen LogP contribution < -0.4 is 15.4 Å². The number of ether oxygens (including phenoxy) is 1. The topological polar surface area (TPSA) is 63.5 Å². The summed E-state index contributed by atoms with van der Waals surface area (Å²) in [5.74, 6) is 0.859. The molecule has 1 saturated heterocycles. The van der Waals surface area contributed by atoms with E-state index in [-0.39, 0.29) is 5.91 Å². The van der Waals surface area contributed by atoms with Gasteiger partial charge in [0.05, 0.1) is 7.11 Å². The van der Waals surface area contributed by atoms with E-state index >= 15 is 0 Å². The smallest absolute Gasteiger partial charge is 0.287 e. The minimum Gasteiger partial charge on any atom is -0.497 e. The molecule has 26 heavy (non-hydrogen) atoms. The summed E-state index contributed by atoms with van der Waals surface area (Å²) >= 11 is 0. The van der Waals surface area contributed by atoms with Gasteiger partial charge in [0.2, 0.25) is 5.76 Å². The van der Waals surface area contributed by atoms with Crippen molar-refractivity contribution in [3.63, 3.8) is 0 Å². The number of carbonyl (C=O) groups excluding carboxylic acids is 1. The first-order valence-electron chi connectivity index (χ1n) is 8.94. The third-order valence-electron chi connectivity index (χ3n) is 4.84. The lowest BCUT2D eigenvalue weighted by atomic mass is 10.0. The Balaban J connectivity index is 1.73. The summed E-state index contributed by atoms with van der Waals surface area (Å²) in [5, 5.41) is 7.31. The molecule has 0 radical (unpaired) electrons. The number of furan rings is 1. The molecule has 1 aromatic heterocycles. The van der Waals surface area contributed by atoms with Crippen molar-refractivity contribution >= 4 is 16.9 Å². The van der Waals surface area contributed by atoms with Crippen molar-refractivity contribution in [2.45, 2.75) is 18.9 Å². The van der Waals surface area contributed by atoms with E-state index in [9.17, 15) is 4.79 Å². The lowest BCUT2D eigenvalue weighted by Gasteiger charge is -2.11. The first-order valence-corrected chi connectivity index (χ1v) is 8.94. The summed E-state index contributed by atoms with van der Waals surface area (Å²) in [6.07, 6.45) is 2.24. The average molecular weight is 350 g/mol. The van der Waals surface area contributed by atoms with Crippen LogP contribution in [0.1, 0.15) is 23.4 Å². The standard InChI is InChI=1S/C21H22N2O3/c1-25-16-9-10-17-18(12-16)26-20(19(17)14-6-3-2-4-7-14)21(24)23-13-15-8-5-11-22-15/h2-4,6-7,9-10,12,15,22H,5,8,11,13H2,1H3,(H,23,24). The van der Waals surface area contributed by atoms with Gasteiger partial charge in [0.25, 0.3) is 5.91 Å². The van der Waals surface area contributed by atoms with Crippen LogP contribution in [0.15, 0.2) is 52.9 Å². The van der Waals surface area contributed by atoms with Crippen LogP contribution in [0.3, 0.4) is 0 Å². The minimum atomic E-state index is -0.187. The maximum atomic E-state index is 12.9. The van der Waals surface area contributed by atoms with Gasteiger partial charge in [0, 0.05) is 29.6 Å². The molecule has 2 N–H and O–H groups in total. The number of hydrogen-bond donors (Lipinski definition) is 2. The molecule has 1 atom stereocenters. The number of rotatable bonds is 5. The van der Waals surface area contributed by atoms with Crippen molar-refractivity contribution in [2.24, 2.45) is 0 Å². The number of hydrogen-bond acceptors (Lipinski definition) is 4. The predicted molar refractivity (Wildman–Crippen MR) is 102 cm³/mol. The van der Waals surface area contributed by atoms with Crippen LogP contribution in [0.25, 0.3) is 22.1 Å². The molecule has 0 aliphatic carbocycles. The normalized spacial score (nSPS) is 16.7. The van der Waals surface area contributed by atoms with Crippen molar-refractivity contribution in [3.05, 3.63) is 54.3 Å². The summed E-state index contributed by atoms with van der Waals surface area (Å²) in [7, 11) is 1.62. The van der Waals surface area contributed by atoms with Crippen LogP contribution in [-0.4, -0.2) is 32.1 Å². The van der Waals surface area contributed by atoms with Crippen LogP contribution in [0.5, 0.6) is 5.75 Å². The molecule has 2 heterocycles. The number of amides is 1. The Morgan fingerprint density at radius 1 is 1.27 bits per heavy atom. The molecule has 1 aliphatic rings. The van der Waals surface area contributed by atoms with Crippen molar-refractivity contribution in [1.82, 2.24) is 10.6 Å². The molecular weight excluding hydrogens is 328 g/mol. The first-order chi connectivity index (χ1) is 12.8. The average Bonchev–Trinajstić information content (AvgIpc) is 3.33. The van der Waals surface area contributed by atoms with Crippen LogP contribution >= 0.6 is 0 Å². The summed E-state index contributed by atoms with van der Waals surface area (Å²) in [5.41, 5.74) is 2.42. The van der Waals surface area contributed by atoms with Gasteiger partial charge in [-0.3, -0.25) is 4.79 Å². The molecule has 0 spiro atoms. The molecule has 1 fully saturated rings. The zero-order valence-electron chi connectivity index (χ0n) is 14.7. The highest BCUT2D eigenvalue weighted by Gasteiger charge is 2.23. The summed E-state index contributed by atoms with van der Waals surface area (Å²) in [6.45, 7) is 1.62. The largest absolute Gasteiger partial charge is 0.497 e. The van der Waals surface area contributed by atoms with Gasteiger partial charge in [-0.15, -0.1) is 0 Å². The lowest BCUT2D eigenvalue weighted by Crippen LogP contribution is -2.37. The SMILES string of the molecule is COc1ccc2c(-c3ccccc3)c(C(=O)NCC3CCCN3)oc2c1. The zero-order chi connectivity index (χ0) is 17.9. The molecule has 1 unspecified atom stereocenters. The van der Waals surface area contributed by atoms with Gasteiger partial charge in [0.1, 0.15) is 11.3 Å². The van der Waals surface area contributed by atoms with Crippen molar-refractivity contribution < 1.29 is 13.9 Å². The van der Waals surface area contributed by atoms with Gasteiger partial charge in [-0.2, -0.15) is 0 Å². The van der Waals surface area contributed by atoms with Crippen molar-refractivity contribution in [3.8, 4) is 16.9 Å². The Morgan fingerprint density at radius 3 is 2.85 bits per heavy atom. The molecule has 134 valence electrons. The van der Waals surface area contributed by atoms with Crippen LogP contribution in [0, 0.1) is 0 Å². The van der Waals surface area contributed by atoms with E-state index in [2.05, 4.69) is 10.6 Å². The molecule has 5 heteroatoms. The second-order valence-corrected chi connectivity index (χ2v) is 6.54. The predicted octanol–water partition coefficient (Wildman–Crippen LogP) is 3.59. The molecule has 5 nitrogen and oxygen atoms in total. The first kappa shape index (κ1) is 16.7. The zero-order valence-corrected chi connectivity index (χ0v) is 14.7. The Hall–Kier alpha value is -2.79. The van der Waals surface area contributed by atoms with E-state index in [1.807, 2.05) is 48.5 Å². The van der Waals surface area contributed by atoms with Crippen LogP contribution in [0.2, 0.25) is 0 Å². The van der Waals surface area contributed by atoms with E-state index < -0.39 is 0 Å². The highest BCUT2D eigenvalue weighted by atomic mass is 16.5. The molecule has 1 aliphatic heterocycles. The fraction of sp³-hybridized carbons (Fsp3) is 0.286. The Bertz CT molecular complexity index is 912. The van der Waals surface area contributed by atoms with Gasteiger partial charge < -0.3 is 19.8 Å². The van der Waals surface area contributed by atoms with E-state index in [1.54, 1.807) is 7.11 Å². The third kappa shape index (κ3) is 3.18. The minimum absolute atomic E-state index is 0.187. The van der Waals surface area contributed by atoms with Crippen LogP contribution in [0.4, 0.5) is 0 Å². The van der Waals surface area contributed by atoms with E-state index in [0.29, 0.717) is 29.7 Å². The molecule has 4 rings (SSSR count). The van der Waals surface area contributed by atoms with Gasteiger partial charge in [-0.1, -0.05) is 30.3 Å². The lowest BCUT2D eigenvalue weighted by molar-refractivity contribution is 0.0925. The summed E-state index contributed by atoms with van der Waals surface area (Å²) in [6, 6.07) is 15.8. The molecule has 0 bridgehead atoms. The Kier molecular flexibility index (Phi) is 4.63. The van der Waals surface area contributed by atoms with E-state index in [4.69, 9.17) is 9.15 Å². The van der Waals surface area contributed by atoms with Gasteiger partial charge in [-0.05, 0) is 37.1 Å². The van der Waals surface area contributed by atoms with Crippen molar-refractivity contribution in [1.29, 1.82) is 0 Å². The monoisotopic (exact) mass is 350 g/mol. The molecule has 2 aromatic carbocycles. The fourth-order valence-electron chi connectivity index (χ4n) is 3.48. The fourth-order valence-corrected chi connectivity index (χ4v) is 3.48. The van der Waals surface area contributed by atoms with E-state index in [1.165, 1.54) is 0 Å². The maximum Gasteiger partial charge on any atom is 0.287 e. The number of carbonyl (C=O) groups is 1. The summed E-state index contributed by atoms with van der Waals surface area (Å²) < 4.78 is 11.2.